The summed E-state index contributed by atoms with van der Waals surface area (Å²) in [7, 11) is 0. The number of hydrogen-bond donors (Lipinski definition) is 0. The molecule has 0 amide bonds. The minimum Gasteiger partial charge on any atom is -0.454 e. The fraction of sp³-hybridized carbons (Fsp3) is 0.500. The molecule has 0 radical (unpaired) electrons. The molecule has 3 nitrogen and oxygen atoms in total. The highest BCUT2D eigenvalue weighted by Gasteiger charge is 2.25. The van der Waals surface area contributed by atoms with E-state index >= 15 is 0 Å². The summed E-state index contributed by atoms with van der Waals surface area (Å²) in [5.41, 5.74) is 2.50. The number of hydrogen-bond acceptors (Lipinski definition) is 3. The molecule has 0 saturated carbocycles. The van der Waals surface area contributed by atoms with Gasteiger partial charge < -0.3 is 14.2 Å². The normalized spacial score (nSPS) is 21.9. The summed E-state index contributed by atoms with van der Waals surface area (Å²) in [5, 5.41) is 0. The lowest BCUT2D eigenvalue weighted by molar-refractivity contribution is 0.0404. The van der Waals surface area contributed by atoms with Crippen molar-refractivity contribution in [2.24, 2.45) is 0 Å². The Morgan fingerprint density at radius 2 is 2.06 bits per heavy atom. The van der Waals surface area contributed by atoms with Gasteiger partial charge >= 0.3 is 0 Å². The van der Waals surface area contributed by atoms with Gasteiger partial charge in [0.1, 0.15) is 0 Å². The number of alkyl halides is 1. The Morgan fingerprint density at radius 3 is 2.88 bits per heavy atom. The van der Waals surface area contributed by atoms with Gasteiger partial charge in [0.2, 0.25) is 6.79 Å². The van der Waals surface area contributed by atoms with Crippen LogP contribution in [0.25, 0.3) is 0 Å². The van der Waals surface area contributed by atoms with Crippen molar-refractivity contribution in [2.75, 3.05) is 19.3 Å². The zero-order valence-electron chi connectivity index (χ0n) is 8.87. The smallest absolute Gasteiger partial charge is 0.231 e. The maximum Gasteiger partial charge on any atom is 0.231 e. The molecule has 4 heteroatoms. The molecule has 1 aromatic carbocycles. The van der Waals surface area contributed by atoms with Crippen molar-refractivity contribution >= 4 is 11.6 Å². The molecule has 0 aromatic heterocycles. The van der Waals surface area contributed by atoms with Crippen LogP contribution >= 0.6 is 11.6 Å². The zero-order valence-corrected chi connectivity index (χ0v) is 9.63. The van der Waals surface area contributed by atoms with Crippen LogP contribution in [0, 0.1) is 0 Å². The summed E-state index contributed by atoms with van der Waals surface area (Å²) in [6.45, 7) is 1.08. The van der Waals surface area contributed by atoms with E-state index in [4.69, 9.17) is 25.8 Å². The van der Waals surface area contributed by atoms with Crippen LogP contribution in [-0.2, 0) is 11.2 Å². The van der Waals surface area contributed by atoms with Crippen LogP contribution < -0.4 is 9.47 Å². The summed E-state index contributed by atoms with van der Waals surface area (Å²) < 4.78 is 16.5. The summed E-state index contributed by atoms with van der Waals surface area (Å²) in [6, 6.07) is 4.11. The van der Waals surface area contributed by atoms with Gasteiger partial charge in [-0.1, -0.05) is 0 Å². The largest absolute Gasteiger partial charge is 0.454 e. The van der Waals surface area contributed by atoms with Crippen LogP contribution in [0.2, 0.25) is 0 Å². The summed E-state index contributed by atoms with van der Waals surface area (Å²) in [4.78, 5) is 0. The zero-order chi connectivity index (χ0) is 11.0. The number of rotatable bonds is 2. The van der Waals surface area contributed by atoms with Gasteiger partial charge in [-0.3, -0.25) is 0 Å². The first kappa shape index (κ1) is 10.2. The van der Waals surface area contributed by atoms with E-state index in [1.165, 1.54) is 11.1 Å². The van der Waals surface area contributed by atoms with E-state index in [0.717, 1.165) is 30.9 Å². The minimum atomic E-state index is 0.107. The van der Waals surface area contributed by atoms with E-state index in [0.29, 0.717) is 12.7 Å². The lowest BCUT2D eigenvalue weighted by atomic mass is 9.95. The number of fused-ring (bicyclic) bond motifs is 2. The molecule has 0 aliphatic carbocycles. The monoisotopic (exact) mass is 240 g/mol. The Morgan fingerprint density at radius 1 is 1.25 bits per heavy atom. The van der Waals surface area contributed by atoms with Crippen LogP contribution in [0.15, 0.2) is 12.1 Å². The Bertz CT molecular complexity index is 405. The van der Waals surface area contributed by atoms with Crippen molar-refractivity contribution in [1.82, 2.24) is 0 Å². The lowest BCUT2D eigenvalue weighted by Crippen LogP contribution is -2.16. The van der Waals surface area contributed by atoms with Gasteiger partial charge in [-0.25, -0.2) is 0 Å². The molecule has 86 valence electrons. The van der Waals surface area contributed by atoms with Gasteiger partial charge in [0.05, 0.1) is 12.7 Å². The van der Waals surface area contributed by atoms with Gasteiger partial charge in [-0.15, -0.1) is 11.6 Å². The maximum absolute atomic E-state index is 5.78. The van der Waals surface area contributed by atoms with Gasteiger partial charge in [-0.05, 0) is 36.1 Å². The van der Waals surface area contributed by atoms with E-state index in [1.54, 1.807) is 0 Å². The van der Waals surface area contributed by atoms with Gasteiger partial charge in [0.25, 0.3) is 0 Å². The van der Waals surface area contributed by atoms with E-state index in [2.05, 4.69) is 6.07 Å². The topological polar surface area (TPSA) is 27.7 Å². The molecule has 1 unspecified atom stereocenters. The molecule has 2 aliphatic heterocycles. The second-order valence-corrected chi connectivity index (χ2v) is 4.37. The summed E-state index contributed by atoms with van der Waals surface area (Å²) >= 11 is 5.78. The number of benzene rings is 1. The molecule has 0 saturated heterocycles. The second kappa shape index (κ2) is 4.15. The highest BCUT2D eigenvalue weighted by atomic mass is 35.5. The van der Waals surface area contributed by atoms with Crippen LogP contribution in [-0.4, -0.2) is 19.3 Å². The van der Waals surface area contributed by atoms with Crippen molar-refractivity contribution in [1.29, 1.82) is 0 Å². The number of halogens is 1. The molecule has 1 atom stereocenters. The molecule has 16 heavy (non-hydrogen) atoms. The average Bonchev–Trinajstić information content (AvgIpc) is 2.74. The molecular weight excluding hydrogens is 228 g/mol. The third kappa shape index (κ3) is 1.64. The first-order valence-electron chi connectivity index (χ1n) is 5.48. The molecule has 3 rings (SSSR count). The van der Waals surface area contributed by atoms with E-state index < -0.39 is 0 Å². The minimum absolute atomic E-state index is 0.107. The summed E-state index contributed by atoms with van der Waals surface area (Å²) in [5.74, 6) is 2.28. The van der Waals surface area contributed by atoms with Crippen LogP contribution in [0.3, 0.4) is 0 Å². The van der Waals surface area contributed by atoms with E-state index in [9.17, 15) is 0 Å². The standard InChI is InChI=1S/C12H13ClO3/c13-3-1-10-9-6-12-11(15-7-16-12)5-8(9)2-4-14-10/h5-6,10H,1-4,7H2. The molecular formula is C12H13ClO3. The third-order valence-electron chi connectivity index (χ3n) is 3.04. The Labute approximate surface area is 99.3 Å². The van der Waals surface area contributed by atoms with Crippen molar-refractivity contribution < 1.29 is 14.2 Å². The lowest BCUT2D eigenvalue weighted by Gasteiger charge is -2.25. The fourth-order valence-corrected chi connectivity index (χ4v) is 2.45. The predicted octanol–water partition coefficient (Wildman–Crippen LogP) is 2.66. The first-order chi connectivity index (χ1) is 7.88. The molecule has 0 N–H and O–H groups in total. The first-order valence-corrected chi connectivity index (χ1v) is 6.02. The quantitative estimate of drug-likeness (QED) is 0.744. The maximum atomic E-state index is 5.78. The molecule has 2 heterocycles. The van der Waals surface area contributed by atoms with Crippen LogP contribution in [0.4, 0.5) is 0 Å². The van der Waals surface area contributed by atoms with Gasteiger partial charge in [0, 0.05) is 5.88 Å². The van der Waals surface area contributed by atoms with Gasteiger partial charge in [-0.2, -0.15) is 0 Å². The van der Waals surface area contributed by atoms with Crippen LogP contribution in [0.1, 0.15) is 23.7 Å². The molecule has 0 bridgehead atoms. The number of ether oxygens (including phenoxy) is 3. The van der Waals surface area contributed by atoms with Gasteiger partial charge in [0.15, 0.2) is 11.5 Å². The Hall–Kier alpha value is -0.930. The van der Waals surface area contributed by atoms with E-state index in [1.807, 2.05) is 6.07 Å². The highest BCUT2D eigenvalue weighted by molar-refractivity contribution is 6.17. The van der Waals surface area contributed by atoms with Crippen LogP contribution in [0.5, 0.6) is 11.5 Å². The third-order valence-corrected chi connectivity index (χ3v) is 3.26. The summed E-state index contributed by atoms with van der Waals surface area (Å²) in [6.07, 6.45) is 1.88. The fourth-order valence-electron chi connectivity index (χ4n) is 2.25. The van der Waals surface area contributed by atoms with E-state index in [-0.39, 0.29) is 6.10 Å². The van der Waals surface area contributed by atoms with Crippen molar-refractivity contribution in [3.63, 3.8) is 0 Å². The van der Waals surface area contributed by atoms with Crippen molar-refractivity contribution in [3.8, 4) is 11.5 Å². The van der Waals surface area contributed by atoms with Crippen molar-refractivity contribution in [3.05, 3.63) is 23.3 Å². The highest BCUT2D eigenvalue weighted by Crippen LogP contribution is 2.40. The second-order valence-electron chi connectivity index (χ2n) is 3.99. The molecule has 1 aromatic rings. The Kier molecular flexibility index (Phi) is 2.65. The Balaban J connectivity index is 2.00. The molecule has 0 fully saturated rings. The SMILES string of the molecule is ClCCC1OCCc2cc3c(cc21)OCO3. The molecule has 2 aliphatic rings. The average molecular weight is 241 g/mol. The molecule has 0 spiro atoms. The predicted molar refractivity (Wildman–Crippen MR) is 60.3 cm³/mol. The van der Waals surface area contributed by atoms with Crippen molar-refractivity contribution in [2.45, 2.75) is 18.9 Å².